The van der Waals surface area contributed by atoms with Crippen LogP contribution < -0.4 is 18.9 Å². The highest BCUT2D eigenvalue weighted by Crippen LogP contribution is 2.46. The van der Waals surface area contributed by atoms with Crippen LogP contribution in [0.15, 0.2) is 60.7 Å². The minimum absolute atomic E-state index is 0.0257. The molecule has 3 aromatic carbocycles. The van der Waals surface area contributed by atoms with E-state index in [9.17, 15) is 9.59 Å². The van der Waals surface area contributed by atoms with Gasteiger partial charge in [0.2, 0.25) is 18.6 Å². The van der Waals surface area contributed by atoms with E-state index in [0.717, 1.165) is 33.3 Å². The van der Waals surface area contributed by atoms with Crippen LogP contribution in [0, 0.1) is 0 Å². The van der Waals surface area contributed by atoms with Gasteiger partial charge in [0.15, 0.2) is 11.5 Å². The zero-order valence-electron chi connectivity index (χ0n) is 21.6. The molecule has 198 valence electrons. The zero-order chi connectivity index (χ0) is 26.7. The quantitative estimate of drug-likeness (QED) is 0.426. The summed E-state index contributed by atoms with van der Waals surface area (Å²) in [6.45, 7) is 0.459. The number of carbonyl (C=O) groups excluding carboxylic acids is 2. The van der Waals surface area contributed by atoms with Gasteiger partial charge in [-0.15, -0.1) is 0 Å². The fourth-order valence-electron chi connectivity index (χ4n) is 6.09. The van der Waals surface area contributed by atoms with Crippen molar-refractivity contribution in [2.24, 2.45) is 0 Å². The largest absolute Gasteiger partial charge is 0.497 e. The van der Waals surface area contributed by atoms with Crippen molar-refractivity contribution >= 4 is 22.7 Å². The fraction of sp³-hybridized carbons (Fsp3) is 0.267. The maximum Gasteiger partial charge on any atom is 0.246 e. The summed E-state index contributed by atoms with van der Waals surface area (Å²) in [5, 5.41) is 1.05. The molecular formula is C30H27N3O6. The van der Waals surface area contributed by atoms with Crippen molar-refractivity contribution < 1.29 is 28.5 Å². The van der Waals surface area contributed by atoms with Gasteiger partial charge in [-0.05, 0) is 47.5 Å². The number of H-pyrrole nitrogens is 1. The lowest BCUT2D eigenvalue weighted by Crippen LogP contribution is -2.62. The summed E-state index contributed by atoms with van der Waals surface area (Å²) in [7, 11) is 3.21. The molecule has 2 amide bonds. The lowest BCUT2D eigenvalue weighted by molar-refractivity contribution is -0.159. The van der Waals surface area contributed by atoms with Gasteiger partial charge in [-0.25, -0.2) is 0 Å². The highest BCUT2D eigenvalue weighted by atomic mass is 16.7. The lowest BCUT2D eigenvalue weighted by Gasteiger charge is -2.47. The first kappa shape index (κ1) is 23.5. The number of ether oxygens (including phenoxy) is 4. The summed E-state index contributed by atoms with van der Waals surface area (Å²) in [6, 6.07) is 18.0. The zero-order valence-corrected chi connectivity index (χ0v) is 21.6. The van der Waals surface area contributed by atoms with Crippen LogP contribution in [0.25, 0.3) is 10.9 Å². The van der Waals surface area contributed by atoms with Gasteiger partial charge < -0.3 is 33.7 Å². The molecule has 9 nitrogen and oxygen atoms in total. The molecule has 0 unspecified atom stereocenters. The van der Waals surface area contributed by atoms with Crippen LogP contribution in [0.2, 0.25) is 0 Å². The number of benzene rings is 3. The van der Waals surface area contributed by atoms with Gasteiger partial charge >= 0.3 is 0 Å². The molecule has 7 rings (SSSR count). The van der Waals surface area contributed by atoms with Gasteiger partial charge in [0, 0.05) is 35.1 Å². The average Bonchev–Trinajstić information content (AvgIpc) is 3.58. The van der Waals surface area contributed by atoms with Crippen molar-refractivity contribution in [2.75, 3.05) is 27.6 Å². The number of amides is 2. The number of carbonyl (C=O) groups is 2. The van der Waals surface area contributed by atoms with Crippen LogP contribution in [-0.4, -0.2) is 60.2 Å². The third-order valence-corrected chi connectivity index (χ3v) is 7.88. The lowest BCUT2D eigenvalue weighted by atomic mass is 9.85. The Morgan fingerprint density at radius 1 is 0.974 bits per heavy atom. The van der Waals surface area contributed by atoms with Crippen molar-refractivity contribution in [3.05, 3.63) is 83.0 Å². The Hall–Kier alpha value is -4.66. The predicted molar refractivity (Wildman–Crippen MR) is 142 cm³/mol. The van der Waals surface area contributed by atoms with E-state index in [-0.39, 0.29) is 25.2 Å². The van der Waals surface area contributed by atoms with Gasteiger partial charge in [0.05, 0.1) is 14.2 Å². The number of hydrogen-bond acceptors (Lipinski definition) is 6. The smallest absolute Gasteiger partial charge is 0.246 e. The monoisotopic (exact) mass is 525 g/mol. The third kappa shape index (κ3) is 3.68. The molecule has 4 heterocycles. The molecule has 1 aromatic heterocycles. The number of nitrogens with one attached hydrogen (secondary N) is 1. The summed E-state index contributed by atoms with van der Waals surface area (Å²) in [5.74, 6) is 2.38. The number of rotatable bonds is 5. The molecule has 39 heavy (non-hydrogen) atoms. The molecule has 0 aliphatic carbocycles. The molecular weight excluding hydrogens is 498 g/mol. The molecule has 0 saturated carbocycles. The standard InChI is InChI=1S/C30H27N3O6/c1-36-18-8-10-24(37-2)21(12-18)29-28-20(19-5-3-4-6-22(19)31-28)13-23-30(35)32(15-27(34)33(23)29)14-17-7-9-25-26(11-17)39-16-38-25/h3-12,23,29,31H,13-16H2,1-2H3/t23-,29+/m0/s1. The fourth-order valence-corrected chi connectivity index (χ4v) is 6.09. The van der Waals surface area contributed by atoms with Crippen LogP contribution in [0.4, 0.5) is 0 Å². The summed E-state index contributed by atoms with van der Waals surface area (Å²) in [4.78, 5) is 34.9. The minimum atomic E-state index is -0.659. The number of para-hydroxylation sites is 1. The summed E-state index contributed by atoms with van der Waals surface area (Å²) < 4.78 is 22.2. The molecule has 2 atom stereocenters. The van der Waals surface area contributed by atoms with Crippen molar-refractivity contribution in [1.29, 1.82) is 0 Å². The molecule has 0 bridgehead atoms. The van der Waals surface area contributed by atoms with E-state index >= 15 is 0 Å². The first-order valence-corrected chi connectivity index (χ1v) is 12.9. The van der Waals surface area contributed by atoms with Crippen molar-refractivity contribution in [2.45, 2.75) is 25.0 Å². The number of aromatic amines is 1. The number of nitrogens with zero attached hydrogens (tertiary/aromatic N) is 2. The maximum absolute atomic E-state index is 14.1. The van der Waals surface area contributed by atoms with Crippen LogP contribution in [0.1, 0.15) is 28.4 Å². The average molecular weight is 526 g/mol. The molecule has 0 radical (unpaired) electrons. The van der Waals surface area contributed by atoms with Crippen LogP contribution in [0.5, 0.6) is 23.0 Å². The van der Waals surface area contributed by atoms with Crippen LogP contribution in [-0.2, 0) is 22.6 Å². The third-order valence-electron chi connectivity index (χ3n) is 7.88. The number of fused-ring (bicyclic) bond motifs is 5. The molecule has 9 heteroatoms. The van der Waals surface area contributed by atoms with Crippen molar-refractivity contribution in [3.63, 3.8) is 0 Å². The molecule has 1 fully saturated rings. The van der Waals surface area contributed by atoms with E-state index < -0.39 is 12.1 Å². The first-order valence-electron chi connectivity index (χ1n) is 12.9. The van der Waals surface area contributed by atoms with E-state index in [1.807, 2.05) is 54.6 Å². The van der Waals surface area contributed by atoms with Gasteiger partial charge in [0.25, 0.3) is 0 Å². The van der Waals surface area contributed by atoms with Crippen molar-refractivity contribution in [3.8, 4) is 23.0 Å². The van der Waals surface area contributed by atoms with Gasteiger partial charge in [-0.3, -0.25) is 9.59 Å². The van der Waals surface area contributed by atoms with E-state index in [0.29, 0.717) is 36.0 Å². The Morgan fingerprint density at radius 3 is 2.67 bits per heavy atom. The van der Waals surface area contributed by atoms with Crippen LogP contribution in [0.3, 0.4) is 0 Å². The number of aromatic nitrogens is 1. The molecule has 3 aliphatic heterocycles. The van der Waals surface area contributed by atoms with E-state index in [4.69, 9.17) is 18.9 Å². The number of methoxy groups -OCH3 is 2. The SMILES string of the molecule is COc1ccc(OC)c([C@@H]2c3[nH]c4ccccc4c3C[C@H]3C(=O)N(Cc4ccc5c(c4)OCO5)CC(=O)N23)c1. The highest BCUT2D eigenvalue weighted by molar-refractivity contribution is 5.97. The molecule has 1 saturated heterocycles. The molecule has 4 aromatic rings. The Balaban J connectivity index is 1.33. The normalized spacial score (nSPS) is 19.7. The second-order valence-corrected chi connectivity index (χ2v) is 9.98. The topological polar surface area (TPSA) is 93.3 Å². The summed E-state index contributed by atoms with van der Waals surface area (Å²) in [6.07, 6.45) is 0.421. The predicted octanol–water partition coefficient (Wildman–Crippen LogP) is 3.80. The summed E-state index contributed by atoms with van der Waals surface area (Å²) >= 11 is 0. The van der Waals surface area contributed by atoms with Crippen LogP contribution >= 0.6 is 0 Å². The van der Waals surface area contributed by atoms with E-state index in [1.54, 1.807) is 24.0 Å². The Labute approximate surface area is 224 Å². The van der Waals surface area contributed by atoms with Crippen molar-refractivity contribution in [1.82, 2.24) is 14.8 Å². The second kappa shape index (κ2) is 8.97. The Bertz CT molecular complexity index is 1630. The maximum atomic E-state index is 14.1. The molecule has 0 spiro atoms. The number of piperazine rings is 1. The summed E-state index contributed by atoms with van der Waals surface area (Å²) in [5.41, 5.74) is 4.53. The van der Waals surface area contributed by atoms with Gasteiger partial charge in [-0.2, -0.15) is 0 Å². The molecule has 3 aliphatic rings. The second-order valence-electron chi connectivity index (χ2n) is 9.98. The van der Waals surface area contributed by atoms with Gasteiger partial charge in [-0.1, -0.05) is 24.3 Å². The highest BCUT2D eigenvalue weighted by Gasteiger charge is 2.49. The van der Waals surface area contributed by atoms with E-state index in [1.165, 1.54) is 0 Å². The Kier molecular flexibility index (Phi) is 5.40. The van der Waals surface area contributed by atoms with E-state index in [2.05, 4.69) is 11.1 Å². The minimum Gasteiger partial charge on any atom is -0.497 e. The Morgan fingerprint density at radius 2 is 1.82 bits per heavy atom. The first-order chi connectivity index (χ1) is 19.1. The number of hydrogen-bond donors (Lipinski definition) is 1. The molecule has 1 N–H and O–H groups in total. The van der Waals surface area contributed by atoms with Gasteiger partial charge in [0.1, 0.15) is 30.1 Å².